The van der Waals surface area contributed by atoms with Crippen molar-refractivity contribution < 1.29 is 4.79 Å². The van der Waals surface area contributed by atoms with Crippen LogP contribution in [0.2, 0.25) is 0 Å². The van der Waals surface area contributed by atoms with E-state index in [1.807, 2.05) is 0 Å². The average Bonchev–Trinajstić information content (AvgIpc) is 2.81. The molecule has 3 rings (SSSR count). The summed E-state index contributed by atoms with van der Waals surface area (Å²) in [6.45, 7) is 4.26. The highest BCUT2D eigenvalue weighted by Gasteiger charge is 2.33. The van der Waals surface area contributed by atoms with Crippen LogP contribution in [0.4, 0.5) is 0 Å². The summed E-state index contributed by atoms with van der Waals surface area (Å²) < 4.78 is 1.11. The van der Waals surface area contributed by atoms with E-state index >= 15 is 0 Å². The van der Waals surface area contributed by atoms with E-state index in [1.54, 1.807) is 0 Å². The molecule has 0 aliphatic heterocycles. The van der Waals surface area contributed by atoms with Crippen molar-refractivity contribution >= 4 is 21.7 Å². The monoisotopic (exact) mass is 360 g/mol. The van der Waals surface area contributed by atoms with Crippen molar-refractivity contribution in [2.45, 2.75) is 64.7 Å². The van der Waals surface area contributed by atoms with Crippen molar-refractivity contribution in [1.82, 2.24) is 0 Å². The summed E-state index contributed by atoms with van der Waals surface area (Å²) in [6, 6.07) is 4.27. The number of ketones is 1. The predicted octanol–water partition coefficient (Wildman–Crippen LogP) is 6.02. The molecule has 0 spiro atoms. The quantitative estimate of drug-likeness (QED) is 0.589. The molecule has 0 heterocycles. The zero-order valence-electron chi connectivity index (χ0n) is 13.6. The summed E-state index contributed by atoms with van der Waals surface area (Å²) in [5.74, 6) is 1.13. The molecular formula is C20H25BrO. The largest absolute Gasteiger partial charge is 0.294 e. The Labute approximate surface area is 142 Å². The lowest BCUT2D eigenvalue weighted by molar-refractivity contribution is -0.115. The van der Waals surface area contributed by atoms with E-state index in [-0.39, 0.29) is 5.92 Å². The molecule has 1 atom stereocenters. The van der Waals surface area contributed by atoms with Gasteiger partial charge in [-0.25, -0.2) is 0 Å². The molecule has 1 unspecified atom stereocenters. The van der Waals surface area contributed by atoms with E-state index < -0.39 is 0 Å². The number of Topliss-reactive ketones (excluding diaryl/α,β-unsaturated/α-hetero) is 1. The van der Waals surface area contributed by atoms with Gasteiger partial charge in [0.2, 0.25) is 0 Å². The smallest absolute Gasteiger partial charge is 0.166 e. The minimum Gasteiger partial charge on any atom is -0.294 e. The molecule has 0 amide bonds. The van der Waals surface area contributed by atoms with Crippen LogP contribution in [0.1, 0.15) is 67.6 Å². The van der Waals surface area contributed by atoms with Gasteiger partial charge in [-0.2, -0.15) is 0 Å². The number of allylic oxidation sites excluding steroid dienone is 2. The second-order valence-electron chi connectivity index (χ2n) is 7.00. The molecule has 2 saturated carbocycles. The molecule has 1 aromatic rings. The van der Waals surface area contributed by atoms with Crippen molar-refractivity contribution in [1.29, 1.82) is 0 Å². The molecule has 2 aliphatic rings. The summed E-state index contributed by atoms with van der Waals surface area (Å²) in [5, 5.41) is 0. The molecule has 0 saturated heterocycles. The minimum atomic E-state index is 0.0861. The van der Waals surface area contributed by atoms with Crippen molar-refractivity contribution in [2.24, 2.45) is 5.92 Å². The number of carbonyl (C=O) groups is 1. The maximum absolute atomic E-state index is 12.9. The summed E-state index contributed by atoms with van der Waals surface area (Å²) in [5.41, 5.74) is 4.85. The molecule has 0 N–H and O–H groups in total. The number of hydrogen-bond donors (Lipinski definition) is 0. The number of benzene rings is 1. The van der Waals surface area contributed by atoms with E-state index in [0.29, 0.717) is 11.7 Å². The Bertz CT molecular complexity index is 585. The van der Waals surface area contributed by atoms with Crippen LogP contribution in [-0.2, 0) is 4.79 Å². The van der Waals surface area contributed by atoms with Gasteiger partial charge in [-0.1, -0.05) is 41.3 Å². The number of carbonyl (C=O) groups excluding carboxylic acids is 1. The molecule has 0 aromatic heterocycles. The van der Waals surface area contributed by atoms with Crippen molar-refractivity contribution in [3.8, 4) is 0 Å². The van der Waals surface area contributed by atoms with Gasteiger partial charge in [0.25, 0.3) is 0 Å². The minimum absolute atomic E-state index is 0.0861. The molecule has 1 nitrogen and oxygen atoms in total. The van der Waals surface area contributed by atoms with Crippen molar-refractivity contribution in [3.05, 3.63) is 44.9 Å². The number of rotatable bonds is 2. The van der Waals surface area contributed by atoms with Crippen molar-refractivity contribution in [2.75, 3.05) is 0 Å². The second-order valence-corrected chi connectivity index (χ2v) is 7.91. The van der Waals surface area contributed by atoms with Gasteiger partial charge in [-0.05, 0) is 79.8 Å². The fraction of sp³-hybridized carbons (Fsp3) is 0.550. The molecule has 2 aliphatic carbocycles. The van der Waals surface area contributed by atoms with Crippen LogP contribution < -0.4 is 0 Å². The molecule has 0 bridgehead atoms. The standard InChI is InChI=1S/C20H25BrO/c1-13-10-17(21)11-14(2)19(13)18-9-8-16(20(18)22)12-15-6-4-3-5-7-15/h10-12,15,18H,3-9H2,1-2H3. The molecular weight excluding hydrogens is 336 g/mol. The summed E-state index contributed by atoms with van der Waals surface area (Å²) in [7, 11) is 0. The van der Waals surface area contributed by atoms with Gasteiger partial charge in [0, 0.05) is 10.4 Å². The molecule has 118 valence electrons. The third kappa shape index (κ3) is 3.22. The molecule has 22 heavy (non-hydrogen) atoms. The summed E-state index contributed by atoms with van der Waals surface area (Å²) in [6.07, 6.45) is 10.9. The summed E-state index contributed by atoms with van der Waals surface area (Å²) >= 11 is 3.55. The van der Waals surface area contributed by atoms with Crippen LogP contribution in [0, 0.1) is 19.8 Å². The van der Waals surface area contributed by atoms with E-state index in [4.69, 9.17) is 0 Å². The molecule has 1 aromatic carbocycles. The molecule has 2 heteroatoms. The molecule has 0 radical (unpaired) electrons. The second kappa shape index (κ2) is 6.70. The van der Waals surface area contributed by atoms with Gasteiger partial charge >= 0.3 is 0 Å². The van der Waals surface area contributed by atoms with Crippen LogP contribution in [0.3, 0.4) is 0 Å². The molecule has 2 fully saturated rings. The summed E-state index contributed by atoms with van der Waals surface area (Å²) in [4.78, 5) is 12.9. The van der Waals surface area contributed by atoms with Gasteiger partial charge in [0.1, 0.15) is 0 Å². The van der Waals surface area contributed by atoms with E-state index in [9.17, 15) is 4.79 Å². The lowest BCUT2D eigenvalue weighted by Gasteiger charge is -2.19. The fourth-order valence-corrected chi connectivity index (χ4v) is 4.96. The third-order valence-corrected chi connectivity index (χ3v) is 5.79. The maximum atomic E-state index is 12.9. The SMILES string of the molecule is Cc1cc(Br)cc(C)c1C1CCC(=CC2CCCCC2)C1=O. The van der Waals surface area contributed by atoms with Gasteiger partial charge in [-0.3, -0.25) is 4.79 Å². The Balaban J connectivity index is 1.83. The van der Waals surface area contributed by atoms with Gasteiger partial charge in [0.15, 0.2) is 5.78 Å². The first-order valence-corrected chi connectivity index (χ1v) is 9.37. The lowest BCUT2D eigenvalue weighted by Crippen LogP contribution is -2.11. The van der Waals surface area contributed by atoms with Gasteiger partial charge in [-0.15, -0.1) is 0 Å². The van der Waals surface area contributed by atoms with Crippen LogP contribution in [-0.4, -0.2) is 5.78 Å². The van der Waals surface area contributed by atoms with Crippen LogP contribution in [0.25, 0.3) is 0 Å². The highest BCUT2D eigenvalue weighted by Crippen LogP contribution is 2.40. The Morgan fingerprint density at radius 3 is 2.32 bits per heavy atom. The first kappa shape index (κ1) is 16.0. The number of halogens is 1. The Kier molecular flexibility index (Phi) is 4.87. The average molecular weight is 361 g/mol. The van der Waals surface area contributed by atoms with Gasteiger partial charge < -0.3 is 0 Å². The lowest BCUT2D eigenvalue weighted by atomic mass is 9.86. The van der Waals surface area contributed by atoms with E-state index in [2.05, 4.69) is 48.0 Å². The normalized spacial score (nSPS) is 25.1. The van der Waals surface area contributed by atoms with E-state index in [1.165, 1.54) is 48.8 Å². The zero-order valence-corrected chi connectivity index (χ0v) is 15.2. The zero-order chi connectivity index (χ0) is 15.7. The number of hydrogen-bond acceptors (Lipinski definition) is 1. The van der Waals surface area contributed by atoms with E-state index in [0.717, 1.165) is 22.9 Å². The first-order valence-electron chi connectivity index (χ1n) is 8.58. The van der Waals surface area contributed by atoms with Crippen LogP contribution in [0.15, 0.2) is 28.3 Å². The Morgan fingerprint density at radius 1 is 1.05 bits per heavy atom. The Morgan fingerprint density at radius 2 is 1.68 bits per heavy atom. The predicted molar refractivity (Wildman–Crippen MR) is 95.3 cm³/mol. The topological polar surface area (TPSA) is 17.1 Å². The third-order valence-electron chi connectivity index (χ3n) is 5.33. The van der Waals surface area contributed by atoms with Gasteiger partial charge in [0.05, 0.1) is 0 Å². The highest BCUT2D eigenvalue weighted by atomic mass is 79.9. The van der Waals surface area contributed by atoms with Crippen molar-refractivity contribution in [3.63, 3.8) is 0 Å². The number of aryl methyl sites for hydroxylation is 2. The van der Waals surface area contributed by atoms with Crippen LogP contribution >= 0.6 is 15.9 Å². The Hall–Kier alpha value is -0.890. The first-order chi connectivity index (χ1) is 10.6. The van der Waals surface area contributed by atoms with Crippen LogP contribution in [0.5, 0.6) is 0 Å². The highest BCUT2D eigenvalue weighted by molar-refractivity contribution is 9.10. The maximum Gasteiger partial charge on any atom is 0.166 e. The fourth-order valence-electron chi connectivity index (χ4n) is 4.28.